The first kappa shape index (κ1) is 18.4. The van der Waals surface area contributed by atoms with E-state index in [4.69, 9.17) is 14.2 Å². The lowest BCUT2D eigenvalue weighted by atomic mass is 9.75. The molecule has 1 aromatic rings. The number of fused-ring (bicyclic) bond motifs is 2. The number of rotatable bonds is 1. The molecular formula is C19H23NO6. The average Bonchev–Trinajstić information content (AvgIpc) is 2.81. The highest BCUT2D eigenvalue weighted by Crippen LogP contribution is 2.48. The van der Waals surface area contributed by atoms with Crippen molar-refractivity contribution >= 4 is 23.7 Å². The van der Waals surface area contributed by atoms with Gasteiger partial charge in [0.15, 0.2) is 0 Å². The molecule has 0 N–H and O–H groups in total. The normalized spacial score (nSPS) is 18.6. The Morgan fingerprint density at radius 3 is 2.42 bits per heavy atom. The number of carbonyl (C=O) groups excluding carboxylic acids is 3. The molecule has 0 saturated carbocycles. The smallest absolute Gasteiger partial charge is 0.421 e. The second-order valence-corrected chi connectivity index (χ2v) is 7.54. The van der Waals surface area contributed by atoms with Gasteiger partial charge in [-0.1, -0.05) is 6.07 Å². The summed E-state index contributed by atoms with van der Waals surface area (Å²) in [6, 6.07) is 4.87. The zero-order valence-corrected chi connectivity index (χ0v) is 15.5. The van der Waals surface area contributed by atoms with Crippen molar-refractivity contribution in [2.24, 2.45) is 0 Å². The van der Waals surface area contributed by atoms with E-state index in [-0.39, 0.29) is 11.5 Å². The molecule has 2 amide bonds. The second kappa shape index (κ2) is 6.39. The molecular weight excluding hydrogens is 338 g/mol. The highest BCUT2D eigenvalue weighted by molar-refractivity contribution is 6.21. The van der Waals surface area contributed by atoms with Crippen LogP contribution >= 0.6 is 0 Å². The van der Waals surface area contributed by atoms with Gasteiger partial charge in [-0.25, -0.2) is 14.5 Å². The van der Waals surface area contributed by atoms with Crippen LogP contribution in [-0.2, 0) is 24.4 Å². The molecule has 7 nitrogen and oxygen atoms in total. The Hall–Kier alpha value is -2.41. The fraction of sp³-hybridized carbons (Fsp3) is 0.526. The molecule has 1 saturated heterocycles. The van der Waals surface area contributed by atoms with Crippen molar-refractivity contribution in [1.29, 1.82) is 0 Å². The molecule has 0 radical (unpaired) electrons. The Bertz CT molecular complexity index is 758. The van der Waals surface area contributed by atoms with Gasteiger partial charge in [0.2, 0.25) is 5.91 Å². The minimum absolute atomic E-state index is 0.275. The molecule has 0 unspecified atom stereocenters. The Kier molecular flexibility index (Phi) is 4.52. The van der Waals surface area contributed by atoms with Gasteiger partial charge >= 0.3 is 12.1 Å². The summed E-state index contributed by atoms with van der Waals surface area (Å²) in [5.74, 6) is -0.857. The molecule has 1 spiro atoms. The molecule has 140 valence electrons. The standard InChI is InChI=1S/C19H23NO6/c1-18(2,3)26-17(23)20-14-11-12(15(21)24-4)5-6-13(14)19(16(20)22)7-9-25-10-8-19/h5-6,11H,7-10H2,1-4H3. The van der Waals surface area contributed by atoms with Gasteiger partial charge in [0.25, 0.3) is 0 Å². The van der Waals surface area contributed by atoms with Crippen LogP contribution in [0.4, 0.5) is 10.5 Å². The number of nitrogens with zero attached hydrogens (tertiary/aromatic N) is 1. The van der Waals surface area contributed by atoms with Crippen molar-refractivity contribution in [1.82, 2.24) is 0 Å². The summed E-state index contributed by atoms with van der Waals surface area (Å²) in [6.45, 7) is 6.09. The van der Waals surface area contributed by atoms with E-state index in [0.29, 0.717) is 31.7 Å². The van der Waals surface area contributed by atoms with Crippen molar-refractivity contribution < 1.29 is 28.6 Å². The summed E-state index contributed by atoms with van der Waals surface area (Å²) in [5.41, 5.74) is -0.183. The molecule has 2 aliphatic rings. The van der Waals surface area contributed by atoms with E-state index in [2.05, 4.69) is 0 Å². The minimum Gasteiger partial charge on any atom is -0.465 e. The molecule has 7 heteroatoms. The second-order valence-electron chi connectivity index (χ2n) is 7.54. The highest BCUT2D eigenvalue weighted by Gasteiger charge is 2.54. The van der Waals surface area contributed by atoms with Crippen LogP contribution in [0.5, 0.6) is 0 Å². The first-order valence-corrected chi connectivity index (χ1v) is 8.58. The average molecular weight is 361 g/mol. The van der Waals surface area contributed by atoms with Gasteiger partial charge in [-0.3, -0.25) is 4.79 Å². The Balaban J connectivity index is 2.10. The fourth-order valence-corrected chi connectivity index (χ4v) is 3.50. The third kappa shape index (κ3) is 2.96. The van der Waals surface area contributed by atoms with E-state index in [1.165, 1.54) is 13.2 Å². The topological polar surface area (TPSA) is 82.1 Å². The van der Waals surface area contributed by atoms with Crippen LogP contribution in [0.15, 0.2) is 18.2 Å². The number of benzene rings is 1. The van der Waals surface area contributed by atoms with Gasteiger partial charge in [0.05, 0.1) is 23.8 Å². The number of carbonyl (C=O) groups is 3. The van der Waals surface area contributed by atoms with E-state index in [1.807, 2.05) is 0 Å². The SMILES string of the molecule is COC(=O)c1ccc2c(c1)N(C(=O)OC(C)(C)C)C(=O)C21CCOCC1. The van der Waals surface area contributed by atoms with Crippen LogP contribution in [0.1, 0.15) is 49.5 Å². The molecule has 2 aliphatic heterocycles. The number of imide groups is 1. The minimum atomic E-state index is -0.820. The van der Waals surface area contributed by atoms with Crippen LogP contribution in [-0.4, -0.2) is 43.9 Å². The number of hydrogen-bond acceptors (Lipinski definition) is 6. The van der Waals surface area contributed by atoms with Gasteiger partial charge in [0, 0.05) is 13.2 Å². The Morgan fingerprint density at radius 2 is 1.85 bits per heavy atom. The summed E-state index contributed by atoms with van der Waals surface area (Å²) < 4.78 is 15.6. The molecule has 2 heterocycles. The van der Waals surface area contributed by atoms with Crippen molar-refractivity contribution in [2.75, 3.05) is 25.2 Å². The maximum Gasteiger partial charge on any atom is 0.421 e. The third-order valence-electron chi connectivity index (χ3n) is 4.71. The highest BCUT2D eigenvalue weighted by atomic mass is 16.6. The number of methoxy groups -OCH3 is 1. The first-order chi connectivity index (χ1) is 12.2. The van der Waals surface area contributed by atoms with Gasteiger partial charge in [-0.15, -0.1) is 0 Å². The summed E-state index contributed by atoms with van der Waals surface area (Å²) >= 11 is 0. The number of hydrogen-bond donors (Lipinski definition) is 0. The van der Waals surface area contributed by atoms with E-state index in [0.717, 1.165) is 10.5 Å². The van der Waals surface area contributed by atoms with Gasteiger partial charge in [-0.2, -0.15) is 0 Å². The van der Waals surface area contributed by atoms with E-state index in [9.17, 15) is 14.4 Å². The third-order valence-corrected chi connectivity index (χ3v) is 4.71. The Labute approximate surface area is 152 Å². The molecule has 1 fully saturated rings. The molecule has 0 bridgehead atoms. The molecule has 1 aromatic carbocycles. The van der Waals surface area contributed by atoms with Crippen LogP contribution < -0.4 is 4.90 Å². The van der Waals surface area contributed by atoms with Crippen LogP contribution in [0.25, 0.3) is 0 Å². The number of anilines is 1. The quantitative estimate of drug-likeness (QED) is 0.716. The van der Waals surface area contributed by atoms with E-state index >= 15 is 0 Å². The van der Waals surface area contributed by atoms with E-state index in [1.54, 1.807) is 32.9 Å². The van der Waals surface area contributed by atoms with Gasteiger partial charge < -0.3 is 14.2 Å². The summed E-state index contributed by atoms with van der Waals surface area (Å²) in [5, 5.41) is 0. The van der Waals surface area contributed by atoms with Crippen LogP contribution in [0.2, 0.25) is 0 Å². The number of amides is 2. The Morgan fingerprint density at radius 1 is 1.19 bits per heavy atom. The molecule has 26 heavy (non-hydrogen) atoms. The lowest BCUT2D eigenvalue weighted by Crippen LogP contribution is -2.47. The summed E-state index contributed by atoms with van der Waals surface area (Å²) in [6.07, 6.45) is 0.222. The number of ether oxygens (including phenoxy) is 3. The molecule has 0 atom stereocenters. The van der Waals surface area contributed by atoms with Crippen molar-refractivity contribution in [3.8, 4) is 0 Å². The zero-order chi connectivity index (χ0) is 19.1. The van der Waals surface area contributed by atoms with Crippen molar-refractivity contribution in [3.63, 3.8) is 0 Å². The van der Waals surface area contributed by atoms with Crippen LogP contribution in [0, 0.1) is 0 Å². The zero-order valence-electron chi connectivity index (χ0n) is 15.5. The van der Waals surface area contributed by atoms with Crippen molar-refractivity contribution in [2.45, 2.75) is 44.6 Å². The predicted molar refractivity (Wildman–Crippen MR) is 93.2 cm³/mol. The number of esters is 1. The molecule has 3 rings (SSSR count). The monoisotopic (exact) mass is 361 g/mol. The predicted octanol–water partition coefficient (Wildman–Crippen LogP) is 2.80. The fourth-order valence-electron chi connectivity index (χ4n) is 3.50. The maximum atomic E-state index is 13.3. The van der Waals surface area contributed by atoms with Gasteiger partial charge in [-0.05, 0) is 51.3 Å². The lowest BCUT2D eigenvalue weighted by Gasteiger charge is -2.32. The van der Waals surface area contributed by atoms with Crippen LogP contribution in [0.3, 0.4) is 0 Å². The first-order valence-electron chi connectivity index (χ1n) is 8.58. The summed E-state index contributed by atoms with van der Waals surface area (Å²) in [4.78, 5) is 39.0. The molecule has 0 aliphatic carbocycles. The van der Waals surface area contributed by atoms with E-state index < -0.39 is 23.1 Å². The maximum absolute atomic E-state index is 13.3. The molecule has 0 aromatic heterocycles. The largest absolute Gasteiger partial charge is 0.465 e. The van der Waals surface area contributed by atoms with Gasteiger partial charge in [0.1, 0.15) is 5.60 Å². The summed E-state index contributed by atoms with van der Waals surface area (Å²) in [7, 11) is 1.28. The lowest BCUT2D eigenvalue weighted by molar-refractivity contribution is -0.126. The van der Waals surface area contributed by atoms with Crippen molar-refractivity contribution in [3.05, 3.63) is 29.3 Å².